The largest absolute Gasteiger partial charge is 0.497 e. The Morgan fingerprint density at radius 1 is 1.08 bits per heavy atom. The van der Waals surface area contributed by atoms with Crippen molar-refractivity contribution in [3.8, 4) is 5.75 Å². The molecule has 2 amide bonds. The number of urea groups is 1. The van der Waals surface area contributed by atoms with Gasteiger partial charge in [0.15, 0.2) is 0 Å². The SMILES string of the molecule is COc1ccc(NC(=O)NC(CCC(=O)O)Cc2ccccc2)cc1. The van der Waals surface area contributed by atoms with E-state index in [1.807, 2.05) is 30.3 Å². The average Bonchev–Trinajstić information content (AvgIpc) is 2.61. The predicted octanol–water partition coefficient (Wildman–Crippen LogP) is 3.29. The molecular weight excluding hydrogens is 320 g/mol. The maximum atomic E-state index is 12.2. The van der Waals surface area contributed by atoms with E-state index >= 15 is 0 Å². The first-order valence-electron chi connectivity index (χ1n) is 8.04. The Morgan fingerprint density at radius 2 is 1.76 bits per heavy atom. The van der Waals surface area contributed by atoms with Gasteiger partial charge in [0.25, 0.3) is 0 Å². The highest BCUT2D eigenvalue weighted by atomic mass is 16.5. The molecule has 2 aromatic carbocycles. The van der Waals surface area contributed by atoms with Crippen LogP contribution >= 0.6 is 0 Å². The number of aliphatic carboxylic acids is 1. The summed E-state index contributed by atoms with van der Waals surface area (Å²) in [6.45, 7) is 0. The van der Waals surface area contributed by atoms with Crippen molar-refractivity contribution >= 4 is 17.7 Å². The summed E-state index contributed by atoms with van der Waals surface area (Å²) in [6.07, 6.45) is 0.935. The first-order valence-corrected chi connectivity index (χ1v) is 8.04. The van der Waals surface area contributed by atoms with Crippen molar-refractivity contribution in [3.63, 3.8) is 0 Å². The second kappa shape index (κ2) is 9.32. The summed E-state index contributed by atoms with van der Waals surface area (Å²) in [5, 5.41) is 14.5. The van der Waals surface area contributed by atoms with Gasteiger partial charge in [-0.3, -0.25) is 4.79 Å². The highest BCUT2D eigenvalue weighted by Gasteiger charge is 2.15. The maximum absolute atomic E-state index is 12.2. The lowest BCUT2D eigenvalue weighted by Crippen LogP contribution is -2.39. The molecule has 1 atom stereocenters. The van der Waals surface area contributed by atoms with E-state index in [1.54, 1.807) is 31.4 Å². The molecular formula is C19H22N2O4. The lowest BCUT2D eigenvalue weighted by Gasteiger charge is -2.19. The molecule has 1 unspecified atom stereocenters. The lowest BCUT2D eigenvalue weighted by molar-refractivity contribution is -0.137. The van der Waals surface area contributed by atoms with E-state index < -0.39 is 5.97 Å². The highest BCUT2D eigenvalue weighted by Crippen LogP contribution is 2.15. The van der Waals surface area contributed by atoms with Crippen molar-refractivity contribution in [1.82, 2.24) is 5.32 Å². The van der Waals surface area contributed by atoms with E-state index in [9.17, 15) is 9.59 Å². The van der Waals surface area contributed by atoms with Gasteiger partial charge in [0.2, 0.25) is 0 Å². The van der Waals surface area contributed by atoms with Crippen LogP contribution in [0.3, 0.4) is 0 Å². The molecule has 0 saturated heterocycles. The summed E-state index contributed by atoms with van der Waals surface area (Å²) in [4.78, 5) is 23.1. The van der Waals surface area contributed by atoms with E-state index in [2.05, 4.69) is 10.6 Å². The second-order valence-electron chi connectivity index (χ2n) is 5.65. The standard InChI is InChI=1S/C19H22N2O4/c1-25-17-10-7-15(8-11-17)20-19(24)21-16(9-12-18(22)23)13-14-5-3-2-4-6-14/h2-8,10-11,16H,9,12-13H2,1H3,(H,22,23)(H2,20,21,24). The number of hydrogen-bond donors (Lipinski definition) is 3. The molecule has 0 radical (unpaired) electrons. The fraction of sp³-hybridized carbons (Fsp3) is 0.263. The summed E-state index contributed by atoms with van der Waals surface area (Å²) < 4.78 is 5.08. The summed E-state index contributed by atoms with van der Waals surface area (Å²) in [5.41, 5.74) is 1.68. The van der Waals surface area contributed by atoms with Gasteiger partial charge in [-0.15, -0.1) is 0 Å². The predicted molar refractivity (Wildman–Crippen MR) is 96.0 cm³/mol. The van der Waals surface area contributed by atoms with Crippen molar-refractivity contribution in [3.05, 3.63) is 60.2 Å². The molecule has 3 N–H and O–H groups in total. The quantitative estimate of drug-likeness (QED) is 0.687. The third-order valence-corrected chi connectivity index (χ3v) is 3.71. The molecule has 0 fully saturated rings. The van der Waals surface area contributed by atoms with Crippen LogP contribution in [0.5, 0.6) is 5.75 Å². The first kappa shape index (κ1) is 18.3. The lowest BCUT2D eigenvalue weighted by atomic mass is 10.0. The fourth-order valence-corrected chi connectivity index (χ4v) is 2.45. The number of carbonyl (C=O) groups is 2. The van der Waals surface area contributed by atoms with Crippen molar-refractivity contribution < 1.29 is 19.4 Å². The number of anilines is 1. The van der Waals surface area contributed by atoms with Crippen LogP contribution in [0.25, 0.3) is 0 Å². The number of hydrogen-bond acceptors (Lipinski definition) is 3. The van der Waals surface area contributed by atoms with Crippen molar-refractivity contribution in [2.24, 2.45) is 0 Å². The molecule has 0 aliphatic rings. The Balaban J connectivity index is 1.95. The third kappa shape index (κ3) is 6.55. The van der Waals surface area contributed by atoms with Crippen LogP contribution in [0, 0.1) is 0 Å². The molecule has 6 heteroatoms. The molecule has 0 spiro atoms. The minimum absolute atomic E-state index is 0.000314. The number of carbonyl (C=O) groups excluding carboxylic acids is 1. The number of ether oxygens (including phenoxy) is 1. The molecule has 25 heavy (non-hydrogen) atoms. The summed E-state index contributed by atoms with van der Waals surface area (Å²) in [5.74, 6) is -0.176. The van der Waals surface area contributed by atoms with Gasteiger partial charge in [-0.2, -0.15) is 0 Å². The van der Waals surface area contributed by atoms with Gasteiger partial charge in [-0.1, -0.05) is 30.3 Å². The number of carboxylic acid groups (broad SMARTS) is 1. The van der Waals surface area contributed by atoms with Gasteiger partial charge in [-0.05, 0) is 42.7 Å². The molecule has 6 nitrogen and oxygen atoms in total. The molecule has 0 saturated carbocycles. The fourth-order valence-electron chi connectivity index (χ4n) is 2.45. The topological polar surface area (TPSA) is 87.7 Å². The normalized spacial score (nSPS) is 11.4. The van der Waals surface area contributed by atoms with Gasteiger partial charge in [0, 0.05) is 18.2 Å². The highest BCUT2D eigenvalue weighted by molar-refractivity contribution is 5.89. The molecule has 132 valence electrons. The third-order valence-electron chi connectivity index (χ3n) is 3.71. The second-order valence-corrected chi connectivity index (χ2v) is 5.65. The number of methoxy groups -OCH3 is 1. The van der Waals surface area contributed by atoms with Gasteiger partial charge >= 0.3 is 12.0 Å². The number of nitrogens with one attached hydrogen (secondary N) is 2. The Bertz CT molecular complexity index is 686. The van der Waals surface area contributed by atoms with Crippen molar-refractivity contribution in [1.29, 1.82) is 0 Å². The van der Waals surface area contributed by atoms with Crippen LogP contribution in [0.2, 0.25) is 0 Å². The van der Waals surface area contributed by atoms with E-state index in [4.69, 9.17) is 9.84 Å². The number of benzene rings is 2. The van der Waals surface area contributed by atoms with E-state index in [0.717, 1.165) is 5.56 Å². The number of amides is 2. The Hall–Kier alpha value is -3.02. The Kier molecular flexibility index (Phi) is 6.83. The van der Waals surface area contributed by atoms with Crippen LogP contribution in [0.15, 0.2) is 54.6 Å². The van der Waals surface area contributed by atoms with Gasteiger partial charge < -0.3 is 20.5 Å². The summed E-state index contributed by atoms with van der Waals surface area (Å²) in [6, 6.07) is 16.0. The number of rotatable bonds is 8. The zero-order chi connectivity index (χ0) is 18.1. The van der Waals surface area contributed by atoms with Gasteiger partial charge in [-0.25, -0.2) is 4.79 Å². The molecule has 0 aliphatic carbocycles. The van der Waals surface area contributed by atoms with E-state index in [-0.39, 0.29) is 18.5 Å². The molecule has 0 aliphatic heterocycles. The van der Waals surface area contributed by atoms with Gasteiger partial charge in [0.1, 0.15) is 5.75 Å². The molecule has 2 aromatic rings. The van der Waals surface area contributed by atoms with Crippen LogP contribution < -0.4 is 15.4 Å². The molecule has 2 rings (SSSR count). The smallest absolute Gasteiger partial charge is 0.319 e. The Labute approximate surface area is 146 Å². The van der Waals surface area contributed by atoms with E-state index in [1.165, 1.54) is 0 Å². The zero-order valence-electron chi connectivity index (χ0n) is 14.1. The van der Waals surface area contributed by atoms with Crippen LogP contribution in [0.4, 0.5) is 10.5 Å². The first-order chi connectivity index (χ1) is 12.1. The molecule has 0 bridgehead atoms. The molecule has 0 aromatic heterocycles. The van der Waals surface area contributed by atoms with Gasteiger partial charge in [0.05, 0.1) is 7.11 Å². The van der Waals surface area contributed by atoms with Crippen LogP contribution in [0.1, 0.15) is 18.4 Å². The summed E-state index contributed by atoms with van der Waals surface area (Å²) in [7, 11) is 1.58. The molecule has 0 heterocycles. The Morgan fingerprint density at radius 3 is 2.36 bits per heavy atom. The van der Waals surface area contributed by atoms with Crippen molar-refractivity contribution in [2.75, 3.05) is 12.4 Å². The maximum Gasteiger partial charge on any atom is 0.319 e. The number of carboxylic acids is 1. The zero-order valence-corrected chi connectivity index (χ0v) is 14.1. The van der Waals surface area contributed by atoms with Crippen LogP contribution in [-0.2, 0) is 11.2 Å². The van der Waals surface area contributed by atoms with E-state index in [0.29, 0.717) is 24.3 Å². The summed E-state index contributed by atoms with van der Waals surface area (Å²) >= 11 is 0. The van der Waals surface area contributed by atoms with Crippen LogP contribution in [-0.4, -0.2) is 30.3 Å². The minimum atomic E-state index is -0.879. The minimum Gasteiger partial charge on any atom is -0.497 e. The monoisotopic (exact) mass is 342 g/mol. The van der Waals surface area contributed by atoms with Crippen molar-refractivity contribution in [2.45, 2.75) is 25.3 Å². The average molecular weight is 342 g/mol.